The average Bonchev–Trinajstić information content (AvgIpc) is 2.47. The van der Waals surface area contributed by atoms with Crippen molar-refractivity contribution < 1.29 is 0 Å². The molecule has 1 aliphatic heterocycles. The van der Waals surface area contributed by atoms with Crippen LogP contribution in [0.2, 0.25) is 0 Å². The summed E-state index contributed by atoms with van der Waals surface area (Å²) in [4.78, 5) is 13.5. The molecule has 1 aromatic rings. The number of aryl methyl sites for hydroxylation is 1. The minimum Gasteiger partial charge on any atom is -0.352 e. The molecule has 0 atom stereocenters. The van der Waals surface area contributed by atoms with E-state index in [-0.39, 0.29) is 5.54 Å². The first-order valence-corrected chi connectivity index (χ1v) is 7.48. The lowest BCUT2D eigenvalue weighted by Gasteiger charge is -2.46. The van der Waals surface area contributed by atoms with Crippen LogP contribution in [0.15, 0.2) is 12.4 Å². The second-order valence-electron chi connectivity index (χ2n) is 5.99. The van der Waals surface area contributed by atoms with E-state index in [9.17, 15) is 0 Å². The summed E-state index contributed by atoms with van der Waals surface area (Å²) in [5, 5.41) is 3.41. The smallest absolute Gasteiger partial charge is 0.222 e. The van der Waals surface area contributed by atoms with Gasteiger partial charge in [0.15, 0.2) is 0 Å². The Morgan fingerprint density at radius 3 is 2.35 bits per heavy atom. The average molecular weight is 277 g/mol. The molecule has 1 saturated heterocycles. The fourth-order valence-electron chi connectivity index (χ4n) is 2.80. The van der Waals surface area contributed by atoms with Crippen molar-refractivity contribution >= 4 is 5.95 Å². The van der Waals surface area contributed by atoms with Gasteiger partial charge < -0.3 is 15.1 Å². The number of aromatic nitrogens is 2. The van der Waals surface area contributed by atoms with Crippen LogP contribution in [0.25, 0.3) is 0 Å². The summed E-state index contributed by atoms with van der Waals surface area (Å²) in [5.74, 6) is 0.731. The molecule has 0 amide bonds. The number of anilines is 1. The Morgan fingerprint density at radius 1 is 1.25 bits per heavy atom. The van der Waals surface area contributed by atoms with Crippen LogP contribution < -0.4 is 5.32 Å². The Hall–Kier alpha value is -1.20. The minimum absolute atomic E-state index is 0.208. The summed E-state index contributed by atoms with van der Waals surface area (Å²) < 4.78 is 0. The van der Waals surface area contributed by atoms with Gasteiger partial charge in [-0.3, -0.25) is 0 Å². The van der Waals surface area contributed by atoms with E-state index < -0.39 is 0 Å². The standard InChI is InChI=1S/C15H27N5/c1-5-20-8-6-15(7-9-20,19(3)4)12-18-14-16-10-13(2)11-17-14/h10-11H,5-9,12H2,1-4H3,(H,16,17,18). The van der Waals surface area contributed by atoms with Crippen LogP contribution in [-0.2, 0) is 0 Å². The van der Waals surface area contributed by atoms with Crippen molar-refractivity contribution in [2.75, 3.05) is 45.6 Å². The monoisotopic (exact) mass is 277 g/mol. The zero-order chi connectivity index (χ0) is 14.6. The van der Waals surface area contributed by atoms with Crippen molar-refractivity contribution in [3.05, 3.63) is 18.0 Å². The van der Waals surface area contributed by atoms with Gasteiger partial charge in [-0.25, -0.2) is 9.97 Å². The summed E-state index contributed by atoms with van der Waals surface area (Å²) in [6.07, 6.45) is 6.09. The quantitative estimate of drug-likeness (QED) is 0.886. The Bertz CT molecular complexity index is 407. The molecule has 0 bridgehead atoms. The van der Waals surface area contributed by atoms with Crippen molar-refractivity contribution in [3.63, 3.8) is 0 Å². The number of piperidine rings is 1. The van der Waals surface area contributed by atoms with Crippen LogP contribution >= 0.6 is 0 Å². The second-order valence-corrected chi connectivity index (χ2v) is 5.99. The highest BCUT2D eigenvalue weighted by Crippen LogP contribution is 2.27. The van der Waals surface area contributed by atoms with Gasteiger partial charge in [0.25, 0.3) is 0 Å². The maximum absolute atomic E-state index is 4.33. The van der Waals surface area contributed by atoms with Crippen molar-refractivity contribution in [3.8, 4) is 0 Å². The van der Waals surface area contributed by atoms with Gasteiger partial charge >= 0.3 is 0 Å². The number of nitrogens with one attached hydrogen (secondary N) is 1. The zero-order valence-electron chi connectivity index (χ0n) is 13.2. The van der Waals surface area contributed by atoms with E-state index in [1.807, 2.05) is 19.3 Å². The predicted molar refractivity (Wildman–Crippen MR) is 83.0 cm³/mol. The van der Waals surface area contributed by atoms with Crippen LogP contribution in [0.4, 0.5) is 5.95 Å². The molecule has 20 heavy (non-hydrogen) atoms. The maximum atomic E-state index is 4.33. The molecule has 0 aromatic carbocycles. The van der Waals surface area contributed by atoms with Gasteiger partial charge in [-0.15, -0.1) is 0 Å². The first-order chi connectivity index (χ1) is 9.55. The summed E-state index contributed by atoms with van der Waals surface area (Å²) in [6, 6.07) is 0. The molecule has 1 fully saturated rings. The molecule has 0 aliphatic carbocycles. The molecule has 5 nitrogen and oxygen atoms in total. The molecular weight excluding hydrogens is 250 g/mol. The number of hydrogen-bond acceptors (Lipinski definition) is 5. The molecule has 0 saturated carbocycles. The Kier molecular flexibility index (Phi) is 4.94. The molecule has 5 heteroatoms. The highest BCUT2D eigenvalue weighted by molar-refractivity contribution is 5.25. The van der Waals surface area contributed by atoms with E-state index in [1.165, 1.54) is 25.9 Å². The summed E-state index contributed by atoms with van der Waals surface area (Å²) in [7, 11) is 4.36. The second kappa shape index (κ2) is 6.50. The molecule has 1 aliphatic rings. The third-order valence-electron chi connectivity index (χ3n) is 4.54. The Labute approximate surface area is 122 Å². The van der Waals surface area contributed by atoms with Gasteiger partial charge in [0.2, 0.25) is 5.95 Å². The number of rotatable bonds is 5. The van der Waals surface area contributed by atoms with Gasteiger partial charge in [0.05, 0.1) is 0 Å². The van der Waals surface area contributed by atoms with Crippen LogP contribution in [0, 0.1) is 6.92 Å². The fraction of sp³-hybridized carbons (Fsp3) is 0.733. The predicted octanol–water partition coefficient (Wildman–Crippen LogP) is 1.61. The Balaban J connectivity index is 1.98. The molecule has 2 heterocycles. The molecule has 112 valence electrons. The summed E-state index contributed by atoms with van der Waals surface area (Å²) >= 11 is 0. The summed E-state index contributed by atoms with van der Waals surface area (Å²) in [6.45, 7) is 8.64. The van der Waals surface area contributed by atoms with Crippen LogP contribution in [0.1, 0.15) is 25.3 Å². The van der Waals surface area contributed by atoms with Crippen molar-refractivity contribution in [2.24, 2.45) is 0 Å². The third kappa shape index (κ3) is 3.46. The van der Waals surface area contributed by atoms with Gasteiger partial charge in [0, 0.05) is 24.5 Å². The van der Waals surface area contributed by atoms with E-state index in [0.717, 1.165) is 24.6 Å². The van der Waals surface area contributed by atoms with Crippen molar-refractivity contribution in [2.45, 2.75) is 32.2 Å². The number of likely N-dealkylation sites (tertiary alicyclic amines) is 1. The van der Waals surface area contributed by atoms with Crippen LogP contribution in [-0.4, -0.2) is 65.6 Å². The van der Waals surface area contributed by atoms with Gasteiger partial charge in [-0.2, -0.15) is 0 Å². The van der Waals surface area contributed by atoms with Crippen LogP contribution in [0.5, 0.6) is 0 Å². The van der Waals surface area contributed by atoms with E-state index >= 15 is 0 Å². The lowest BCUT2D eigenvalue weighted by Crippen LogP contribution is -2.56. The number of nitrogens with zero attached hydrogens (tertiary/aromatic N) is 4. The fourth-order valence-corrected chi connectivity index (χ4v) is 2.80. The molecule has 2 rings (SSSR count). The topological polar surface area (TPSA) is 44.3 Å². The highest BCUT2D eigenvalue weighted by Gasteiger charge is 2.36. The van der Waals surface area contributed by atoms with Gasteiger partial charge in [0.1, 0.15) is 0 Å². The number of likely N-dealkylation sites (N-methyl/N-ethyl adjacent to an activating group) is 1. The zero-order valence-corrected chi connectivity index (χ0v) is 13.2. The largest absolute Gasteiger partial charge is 0.352 e. The van der Waals surface area contributed by atoms with E-state index in [0.29, 0.717) is 0 Å². The van der Waals surface area contributed by atoms with Crippen molar-refractivity contribution in [1.29, 1.82) is 0 Å². The van der Waals surface area contributed by atoms with Gasteiger partial charge in [-0.05, 0) is 59.1 Å². The third-order valence-corrected chi connectivity index (χ3v) is 4.54. The normalized spacial score (nSPS) is 19.2. The maximum Gasteiger partial charge on any atom is 0.222 e. The van der Waals surface area contributed by atoms with E-state index in [1.54, 1.807) is 0 Å². The number of hydrogen-bond donors (Lipinski definition) is 1. The van der Waals surface area contributed by atoms with E-state index in [4.69, 9.17) is 0 Å². The molecular formula is C15H27N5. The molecule has 1 N–H and O–H groups in total. The first kappa shape index (κ1) is 15.2. The molecule has 0 spiro atoms. The lowest BCUT2D eigenvalue weighted by molar-refractivity contribution is 0.0685. The van der Waals surface area contributed by atoms with E-state index in [2.05, 4.69) is 46.1 Å². The Morgan fingerprint density at radius 2 is 1.85 bits per heavy atom. The molecule has 1 aromatic heterocycles. The van der Waals surface area contributed by atoms with Crippen LogP contribution in [0.3, 0.4) is 0 Å². The minimum atomic E-state index is 0.208. The van der Waals surface area contributed by atoms with Gasteiger partial charge in [-0.1, -0.05) is 6.92 Å². The SMILES string of the molecule is CCN1CCC(CNc2ncc(C)cn2)(N(C)C)CC1. The van der Waals surface area contributed by atoms with Crippen molar-refractivity contribution in [1.82, 2.24) is 19.8 Å². The summed E-state index contributed by atoms with van der Waals surface area (Å²) in [5.41, 5.74) is 1.30. The highest BCUT2D eigenvalue weighted by atomic mass is 15.2. The molecule has 0 unspecified atom stereocenters. The lowest BCUT2D eigenvalue weighted by atomic mass is 9.86. The first-order valence-electron chi connectivity index (χ1n) is 7.48. The molecule has 0 radical (unpaired) electrons.